The number of benzene rings is 3. The minimum absolute atomic E-state index is 1.10. The average molecular weight is 243 g/mol. The van der Waals surface area contributed by atoms with Gasteiger partial charge in [0.15, 0.2) is 0 Å². The molecule has 3 aromatic carbocycles. The molecule has 0 bridgehead atoms. The largest absolute Gasteiger partial charge is 0.252 e. The molecule has 0 radical (unpaired) electrons. The van der Waals surface area contributed by atoms with Crippen LogP contribution in [0.1, 0.15) is 5.69 Å². The lowest BCUT2D eigenvalue weighted by Crippen LogP contribution is -1.89. The molecule has 90 valence electrons. The number of aromatic nitrogens is 1. The quantitative estimate of drug-likeness (QED) is 0.402. The van der Waals surface area contributed by atoms with Crippen LogP contribution in [0.4, 0.5) is 0 Å². The first-order chi connectivity index (χ1) is 9.34. The molecular weight excluding hydrogens is 230 g/mol. The molecule has 1 heterocycles. The Morgan fingerprint density at radius 3 is 2.16 bits per heavy atom. The molecule has 4 rings (SSSR count). The highest BCUT2D eigenvalue weighted by Crippen LogP contribution is 2.30. The van der Waals surface area contributed by atoms with Gasteiger partial charge in [0.2, 0.25) is 0 Å². The lowest BCUT2D eigenvalue weighted by atomic mass is 10.0. The molecule has 0 saturated heterocycles. The van der Waals surface area contributed by atoms with Crippen LogP contribution in [0.2, 0.25) is 0 Å². The maximum Gasteiger partial charge on any atom is 0.0789 e. The highest BCUT2D eigenvalue weighted by atomic mass is 14.7. The third-order valence-corrected chi connectivity index (χ3v) is 3.79. The van der Waals surface area contributed by atoms with Gasteiger partial charge in [0.1, 0.15) is 0 Å². The van der Waals surface area contributed by atoms with Gasteiger partial charge in [-0.2, -0.15) is 0 Å². The van der Waals surface area contributed by atoms with E-state index >= 15 is 0 Å². The summed E-state index contributed by atoms with van der Waals surface area (Å²) in [6.07, 6.45) is 0. The fourth-order valence-corrected chi connectivity index (χ4v) is 2.85. The zero-order valence-electron chi connectivity index (χ0n) is 10.7. The van der Waals surface area contributed by atoms with Gasteiger partial charge in [-0.3, -0.25) is 4.98 Å². The van der Waals surface area contributed by atoms with Crippen molar-refractivity contribution in [2.45, 2.75) is 6.92 Å². The Balaban J connectivity index is 2.34. The first-order valence-corrected chi connectivity index (χ1v) is 6.51. The van der Waals surface area contributed by atoms with Crippen LogP contribution in [-0.4, -0.2) is 4.98 Å². The van der Waals surface area contributed by atoms with Crippen LogP contribution >= 0.6 is 0 Å². The van der Waals surface area contributed by atoms with E-state index in [9.17, 15) is 0 Å². The second-order valence-corrected chi connectivity index (χ2v) is 4.93. The molecule has 0 aliphatic heterocycles. The molecule has 0 aliphatic carbocycles. The van der Waals surface area contributed by atoms with E-state index in [-0.39, 0.29) is 0 Å². The van der Waals surface area contributed by atoms with Crippen LogP contribution in [0.5, 0.6) is 0 Å². The van der Waals surface area contributed by atoms with E-state index in [4.69, 9.17) is 4.98 Å². The Labute approximate surface area is 111 Å². The molecule has 0 fully saturated rings. The molecule has 0 N–H and O–H groups in total. The normalized spacial score (nSPS) is 11.4. The van der Waals surface area contributed by atoms with Gasteiger partial charge in [-0.15, -0.1) is 0 Å². The lowest BCUT2D eigenvalue weighted by Gasteiger charge is -2.09. The predicted molar refractivity (Wildman–Crippen MR) is 81.5 cm³/mol. The summed E-state index contributed by atoms with van der Waals surface area (Å²) in [5.74, 6) is 0. The molecule has 0 amide bonds. The fourth-order valence-electron chi connectivity index (χ4n) is 2.85. The number of rotatable bonds is 0. The van der Waals surface area contributed by atoms with Crippen molar-refractivity contribution < 1.29 is 0 Å². The average Bonchev–Trinajstić information content (AvgIpc) is 2.47. The number of fused-ring (bicyclic) bond motifs is 5. The topological polar surface area (TPSA) is 12.9 Å². The minimum Gasteiger partial charge on any atom is -0.252 e. The van der Waals surface area contributed by atoms with E-state index in [0.717, 1.165) is 11.2 Å². The first kappa shape index (κ1) is 10.5. The first-order valence-electron chi connectivity index (χ1n) is 6.51. The van der Waals surface area contributed by atoms with Crippen molar-refractivity contribution in [2.24, 2.45) is 0 Å². The van der Waals surface area contributed by atoms with Gasteiger partial charge in [0.05, 0.1) is 5.52 Å². The van der Waals surface area contributed by atoms with Gasteiger partial charge in [-0.1, -0.05) is 60.7 Å². The predicted octanol–water partition coefficient (Wildman–Crippen LogP) is 4.85. The van der Waals surface area contributed by atoms with E-state index in [2.05, 4.69) is 67.6 Å². The molecule has 0 atom stereocenters. The van der Waals surface area contributed by atoms with Crippen molar-refractivity contribution in [3.05, 3.63) is 66.4 Å². The maximum atomic E-state index is 4.83. The molecule has 1 nitrogen and oxygen atoms in total. The van der Waals surface area contributed by atoms with Crippen LogP contribution < -0.4 is 0 Å². The Morgan fingerprint density at radius 1 is 0.632 bits per heavy atom. The molecule has 19 heavy (non-hydrogen) atoms. The summed E-state index contributed by atoms with van der Waals surface area (Å²) in [6, 6.07) is 21.3. The highest BCUT2D eigenvalue weighted by Gasteiger charge is 2.07. The number of hydrogen-bond acceptors (Lipinski definition) is 1. The van der Waals surface area contributed by atoms with Crippen molar-refractivity contribution in [3.63, 3.8) is 0 Å². The Kier molecular flexibility index (Phi) is 2.10. The summed E-state index contributed by atoms with van der Waals surface area (Å²) < 4.78 is 0. The van der Waals surface area contributed by atoms with Gasteiger partial charge in [-0.25, -0.2) is 0 Å². The highest BCUT2D eigenvalue weighted by molar-refractivity contribution is 6.15. The van der Waals surface area contributed by atoms with Crippen LogP contribution in [0.25, 0.3) is 32.4 Å². The Morgan fingerprint density at radius 2 is 1.32 bits per heavy atom. The lowest BCUT2D eigenvalue weighted by molar-refractivity contribution is 1.30. The summed E-state index contributed by atoms with van der Waals surface area (Å²) in [4.78, 5) is 4.83. The van der Waals surface area contributed by atoms with Gasteiger partial charge in [-0.05, 0) is 17.7 Å². The summed E-state index contributed by atoms with van der Waals surface area (Å²) in [6.45, 7) is 2.09. The number of hydrogen-bond donors (Lipinski definition) is 0. The Bertz CT molecular complexity index is 922. The van der Waals surface area contributed by atoms with Crippen molar-refractivity contribution in [3.8, 4) is 0 Å². The van der Waals surface area contributed by atoms with E-state index in [1.54, 1.807) is 0 Å². The molecule has 0 unspecified atom stereocenters. The number of aryl methyl sites for hydroxylation is 1. The van der Waals surface area contributed by atoms with Crippen molar-refractivity contribution in [2.75, 3.05) is 0 Å². The summed E-state index contributed by atoms with van der Waals surface area (Å²) in [7, 11) is 0. The third-order valence-electron chi connectivity index (χ3n) is 3.79. The monoisotopic (exact) mass is 243 g/mol. The van der Waals surface area contributed by atoms with E-state index in [0.29, 0.717) is 0 Å². The van der Waals surface area contributed by atoms with Crippen molar-refractivity contribution in [1.29, 1.82) is 0 Å². The second kappa shape index (κ2) is 3.79. The van der Waals surface area contributed by atoms with E-state index in [1.807, 2.05) is 0 Å². The second-order valence-electron chi connectivity index (χ2n) is 4.93. The third kappa shape index (κ3) is 1.45. The molecule has 0 spiro atoms. The standard InChI is InChI=1S/C18H13N/c1-12-14-7-4-5-9-16(14)17-11-10-13-6-2-3-8-15(13)18(17)19-12/h2-11H,1H3. The molecule has 1 aromatic heterocycles. The van der Waals surface area contributed by atoms with Crippen LogP contribution in [0, 0.1) is 6.92 Å². The van der Waals surface area contributed by atoms with E-state index in [1.165, 1.54) is 26.9 Å². The Hall–Kier alpha value is -2.41. The van der Waals surface area contributed by atoms with Crippen molar-refractivity contribution in [1.82, 2.24) is 4.98 Å². The van der Waals surface area contributed by atoms with Crippen molar-refractivity contribution >= 4 is 32.4 Å². The zero-order chi connectivity index (χ0) is 12.8. The SMILES string of the molecule is Cc1nc2c3ccccc3ccc2c2ccccc12. The van der Waals surface area contributed by atoms with Gasteiger partial charge < -0.3 is 0 Å². The van der Waals surface area contributed by atoms with Gasteiger partial charge >= 0.3 is 0 Å². The summed E-state index contributed by atoms with van der Waals surface area (Å²) in [5.41, 5.74) is 2.20. The summed E-state index contributed by atoms with van der Waals surface area (Å²) >= 11 is 0. The number of nitrogens with zero attached hydrogens (tertiary/aromatic N) is 1. The fraction of sp³-hybridized carbons (Fsp3) is 0.0556. The van der Waals surface area contributed by atoms with E-state index < -0.39 is 0 Å². The molecule has 4 aromatic rings. The van der Waals surface area contributed by atoms with Crippen LogP contribution in [-0.2, 0) is 0 Å². The zero-order valence-corrected chi connectivity index (χ0v) is 10.7. The molecule has 1 heteroatoms. The molecular formula is C18H13N. The summed E-state index contributed by atoms with van der Waals surface area (Å²) in [5, 5.41) is 6.24. The van der Waals surface area contributed by atoms with Crippen LogP contribution in [0.15, 0.2) is 60.7 Å². The molecule has 0 saturated carbocycles. The van der Waals surface area contributed by atoms with Crippen LogP contribution in [0.3, 0.4) is 0 Å². The number of pyridine rings is 1. The maximum absolute atomic E-state index is 4.83. The smallest absolute Gasteiger partial charge is 0.0789 e. The molecule has 0 aliphatic rings. The van der Waals surface area contributed by atoms with Gasteiger partial charge in [0, 0.05) is 21.9 Å². The van der Waals surface area contributed by atoms with Gasteiger partial charge in [0.25, 0.3) is 0 Å². The minimum atomic E-state index is 1.10.